The van der Waals surface area contributed by atoms with Crippen LogP contribution in [0.1, 0.15) is 29.5 Å². The van der Waals surface area contributed by atoms with Crippen LogP contribution < -0.4 is 19.8 Å². The van der Waals surface area contributed by atoms with Gasteiger partial charge in [0, 0.05) is 27.9 Å². The average molecular weight is 811 g/mol. The van der Waals surface area contributed by atoms with Crippen LogP contribution in [0.25, 0.3) is 0 Å². The SMILES string of the molecule is COc1ccc([C@@]23C(=O)N(Nc4ccc(Cl)cc4Cl)C(=O)[C@@H]2C[C@@H]2C(=CC[C@@H]4C(=O)N(c5ccc(C)c(Cl)c5)C(=O)[C@@H]42)[C@@H]3C2=COc3ccc(O)cc3C2)cc1. The number of phenols is 1. The number of halogens is 3. The molecule has 284 valence electrons. The number of benzene rings is 4. The number of aryl methyl sites for hydroxylation is 1. The maximum Gasteiger partial charge on any atom is 0.260 e. The monoisotopic (exact) mass is 809 g/mol. The first-order valence-corrected chi connectivity index (χ1v) is 19.3. The molecule has 9 rings (SSSR count). The number of rotatable bonds is 6. The first-order chi connectivity index (χ1) is 26.9. The average Bonchev–Trinajstić information content (AvgIpc) is 3.57. The van der Waals surface area contributed by atoms with Gasteiger partial charge >= 0.3 is 0 Å². The highest BCUT2D eigenvalue weighted by Crippen LogP contribution is 2.63. The second kappa shape index (κ2) is 13.4. The summed E-state index contributed by atoms with van der Waals surface area (Å²) in [5, 5.41) is 12.5. The number of fused-ring (bicyclic) bond motifs is 5. The number of hydrogen-bond donors (Lipinski definition) is 2. The first kappa shape index (κ1) is 36.4. The summed E-state index contributed by atoms with van der Waals surface area (Å²) in [7, 11) is 1.55. The molecule has 10 nitrogen and oxygen atoms in total. The zero-order valence-corrected chi connectivity index (χ0v) is 32.4. The Labute approximate surface area is 337 Å². The molecule has 4 aromatic carbocycles. The van der Waals surface area contributed by atoms with E-state index < -0.39 is 46.8 Å². The molecular weight excluding hydrogens is 777 g/mol. The highest BCUT2D eigenvalue weighted by atomic mass is 35.5. The van der Waals surface area contributed by atoms with Crippen LogP contribution >= 0.6 is 34.8 Å². The number of amides is 4. The number of imide groups is 2. The Morgan fingerprint density at radius 2 is 1.66 bits per heavy atom. The molecule has 4 aromatic rings. The molecule has 0 aromatic heterocycles. The van der Waals surface area contributed by atoms with Gasteiger partial charge in [-0.1, -0.05) is 64.7 Å². The molecule has 2 saturated heterocycles. The molecular formula is C43H34Cl3N3O7. The number of ether oxygens (including phenoxy) is 2. The number of hydrogen-bond acceptors (Lipinski definition) is 8. The van der Waals surface area contributed by atoms with Gasteiger partial charge in [-0.15, -0.1) is 0 Å². The second-order valence-electron chi connectivity index (χ2n) is 14.9. The maximum atomic E-state index is 15.5. The quantitative estimate of drug-likeness (QED) is 0.148. The van der Waals surface area contributed by atoms with Crippen molar-refractivity contribution in [2.45, 2.75) is 31.6 Å². The van der Waals surface area contributed by atoms with Crippen LogP contribution in [0.5, 0.6) is 17.2 Å². The van der Waals surface area contributed by atoms with E-state index in [-0.39, 0.29) is 41.8 Å². The van der Waals surface area contributed by atoms with Gasteiger partial charge < -0.3 is 14.6 Å². The van der Waals surface area contributed by atoms with Gasteiger partial charge in [0.15, 0.2) is 0 Å². The summed E-state index contributed by atoms with van der Waals surface area (Å²) in [6.07, 6.45) is 4.22. The molecule has 3 fully saturated rings. The van der Waals surface area contributed by atoms with Crippen molar-refractivity contribution in [3.8, 4) is 17.2 Å². The zero-order valence-electron chi connectivity index (χ0n) is 30.1. The van der Waals surface area contributed by atoms with Crippen molar-refractivity contribution in [2.24, 2.45) is 29.6 Å². The fraction of sp³-hybridized carbons (Fsp3) is 0.256. The number of methoxy groups -OCH3 is 1. The minimum absolute atomic E-state index is 0.0475. The molecule has 3 heterocycles. The molecule has 1 saturated carbocycles. The van der Waals surface area contributed by atoms with Crippen LogP contribution in [0, 0.1) is 36.5 Å². The topological polar surface area (TPSA) is 125 Å². The van der Waals surface area contributed by atoms with Crippen molar-refractivity contribution >= 4 is 69.8 Å². The van der Waals surface area contributed by atoms with Gasteiger partial charge in [0.05, 0.1) is 52.9 Å². The van der Waals surface area contributed by atoms with Crippen LogP contribution in [0.3, 0.4) is 0 Å². The lowest BCUT2D eigenvalue weighted by Gasteiger charge is -2.51. The number of phenolic OH excluding ortho intramolecular Hbond substituents is 1. The highest BCUT2D eigenvalue weighted by Gasteiger charge is 2.71. The van der Waals surface area contributed by atoms with E-state index in [0.29, 0.717) is 49.6 Å². The van der Waals surface area contributed by atoms with Crippen molar-refractivity contribution in [3.63, 3.8) is 0 Å². The fourth-order valence-corrected chi connectivity index (χ4v) is 10.3. The predicted molar refractivity (Wildman–Crippen MR) is 211 cm³/mol. The minimum atomic E-state index is -1.55. The number of hydrazine groups is 1. The highest BCUT2D eigenvalue weighted by molar-refractivity contribution is 6.36. The lowest BCUT2D eigenvalue weighted by atomic mass is 9.48. The van der Waals surface area contributed by atoms with E-state index in [2.05, 4.69) is 5.43 Å². The third kappa shape index (κ3) is 5.37. The zero-order chi connectivity index (χ0) is 39.2. The molecule has 13 heteroatoms. The maximum absolute atomic E-state index is 15.5. The first-order valence-electron chi connectivity index (χ1n) is 18.2. The smallest absolute Gasteiger partial charge is 0.260 e. The molecule has 56 heavy (non-hydrogen) atoms. The Bertz CT molecular complexity index is 2450. The summed E-state index contributed by atoms with van der Waals surface area (Å²) >= 11 is 19.3. The minimum Gasteiger partial charge on any atom is -0.508 e. The number of allylic oxidation sites excluding steroid dienone is 3. The molecule has 4 amide bonds. The van der Waals surface area contributed by atoms with Gasteiger partial charge in [-0.25, -0.2) is 4.90 Å². The lowest BCUT2D eigenvalue weighted by molar-refractivity contribution is -0.139. The van der Waals surface area contributed by atoms with Crippen molar-refractivity contribution in [2.75, 3.05) is 17.4 Å². The number of carbonyl (C=O) groups is 4. The lowest BCUT2D eigenvalue weighted by Crippen LogP contribution is -2.55. The van der Waals surface area contributed by atoms with Gasteiger partial charge in [-0.05, 0) is 103 Å². The van der Waals surface area contributed by atoms with E-state index in [1.54, 1.807) is 80.1 Å². The Morgan fingerprint density at radius 1 is 0.875 bits per heavy atom. The van der Waals surface area contributed by atoms with Crippen LogP contribution in [-0.4, -0.2) is 40.9 Å². The molecule has 0 unspecified atom stereocenters. The van der Waals surface area contributed by atoms with E-state index in [9.17, 15) is 14.7 Å². The molecule has 2 aliphatic carbocycles. The number of nitrogens with zero attached hydrogens (tertiary/aromatic N) is 2. The van der Waals surface area contributed by atoms with Crippen molar-refractivity contribution in [1.82, 2.24) is 5.01 Å². The standard InChI is InChI=1S/C43H34Cl3N3O7/c1-21-3-7-26(18-33(21)45)48-39(51)30-12-11-29-31(37(30)41(48)53)19-32-40(52)49(47-35-13-6-25(44)17-34(35)46)42(54)43(32,24-4-9-28(55-2)10-5-24)38(29)23-15-22-16-27(50)8-14-36(22)56-20-23/h3-11,13-14,16-18,20,30-32,37-38,47,50H,12,15,19H2,1-2H3/t30-,31+,32-,37-,38-,43+/m0/s1. The summed E-state index contributed by atoms with van der Waals surface area (Å²) in [5.41, 5.74) is 5.64. The molecule has 0 radical (unpaired) electrons. The van der Waals surface area contributed by atoms with Gasteiger partial charge in [0.1, 0.15) is 17.2 Å². The van der Waals surface area contributed by atoms with Crippen LogP contribution in [0.4, 0.5) is 11.4 Å². The van der Waals surface area contributed by atoms with Crippen molar-refractivity contribution < 1.29 is 33.8 Å². The Balaban J connectivity index is 1.23. The van der Waals surface area contributed by atoms with E-state index in [1.807, 2.05) is 13.0 Å². The predicted octanol–water partition coefficient (Wildman–Crippen LogP) is 8.21. The summed E-state index contributed by atoms with van der Waals surface area (Å²) in [6, 6.07) is 21.7. The Kier molecular flexibility index (Phi) is 8.72. The van der Waals surface area contributed by atoms with Crippen LogP contribution in [0.15, 0.2) is 102 Å². The van der Waals surface area contributed by atoms with E-state index in [0.717, 1.165) is 16.1 Å². The number of anilines is 2. The van der Waals surface area contributed by atoms with Crippen LogP contribution in [0.2, 0.25) is 15.1 Å². The van der Waals surface area contributed by atoms with Gasteiger partial charge in [0.2, 0.25) is 11.8 Å². The number of nitrogens with one attached hydrogen (secondary N) is 1. The Hall–Kier alpha value is -5.29. The number of carbonyl (C=O) groups excluding carboxylic acids is 4. The third-order valence-corrected chi connectivity index (χ3v) is 13.1. The van der Waals surface area contributed by atoms with Gasteiger partial charge in [-0.3, -0.25) is 24.6 Å². The van der Waals surface area contributed by atoms with E-state index in [4.69, 9.17) is 44.3 Å². The summed E-state index contributed by atoms with van der Waals surface area (Å²) in [5.74, 6) is -4.52. The Morgan fingerprint density at radius 3 is 2.39 bits per heavy atom. The summed E-state index contributed by atoms with van der Waals surface area (Å²) in [6.45, 7) is 1.84. The van der Waals surface area contributed by atoms with E-state index in [1.165, 1.54) is 17.0 Å². The summed E-state index contributed by atoms with van der Waals surface area (Å²) < 4.78 is 11.7. The van der Waals surface area contributed by atoms with Crippen LogP contribution in [-0.2, 0) is 31.0 Å². The molecule has 3 aliphatic heterocycles. The number of aromatic hydroxyl groups is 1. The molecule has 5 aliphatic rings. The van der Waals surface area contributed by atoms with Crippen molar-refractivity contribution in [3.05, 3.63) is 134 Å². The normalized spacial score (nSPS) is 26.5. The van der Waals surface area contributed by atoms with Gasteiger partial charge in [0.25, 0.3) is 11.8 Å². The summed E-state index contributed by atoms with van der Waals surface area (Å²) in [4.78, 5) is 60.7. The fourth-order valence-electron chi connectivity index (χ4n) is 9.63. The molecule has 2 N–H and O–H groups in total. The molecule has 0 spiro atoms. The van der Waals surface area contributed by atoms with E-state index >= 15 is 9.59 Å². The largest absolute Gasteiger partial charge is 0.508 e. The van der Waals surface area contributed by atoms with Crippen molar-refractivity contribution in [1.29, 1.82) is 0 Å². The third-order valence-electron chi connectivity index (χ3n) is 12.1. The molecule has 6 atom stereocenters. The molecule has 0 bridgehead atoms. The van der Waals surface area contributed by atoms with Gasteiger partial charge in [-0.2, -0.15) is 5.01 Å². The second-order valence-corrected chi connectivity index (χ2v) is 16.2.